The molecule has 0 aromatic rings. The second kappa shape index (κ2) is 2.76. The maximum atomic E-state index is 9.70. The molecular formula is C9H16O2. The average molecular weight is 156 g/mol. The van der Waals surface area contributed by atoms with Gasteiger partial charge < -0.3 is 10.2 Å². The molecule has 2 fully saturated rings. The molecule has 2 heteroatoms. The third-order valence-electron chi connectivity index (χ3n) is 3.27. The van der Waals surface area contributed by atoms with E-state index in [4.69, 9.17) is 0 Å². The molecule has 0 heterocycles. The van der Waals surface area contributed by atoms with Crippen molar-refractivity contribution in [1.82, 2.24) is 0 Å². The van der Waals surface area contributed by atoms with Crippen molar-refractivity contribution in [2.24, 2.45) is 11.8 Å². The second-order valence-electron chi connectivity index (χ2n) is 4.07. The van der Waals surface area contributed by atoms with Crippen molar-refractivity contribution < 1.29 is 10.2 Å². The average Bonchev–Trinajstić information content (AvgIpc) is 1.92. The second-order valence-corrected chi connectivity index (χ2v) is 4.07. The normalized spacial score (nSPS) is 50.7. The SMILES string of the molecule is OC1CC2CCCC(C1)C2O. The van der Waals surface area contributed by atoms with E-state index in [0.717, 1.165) is 25.7 Å². The van der Waals surface area contributed by atoms with Gasteiger partial charge in [0.25, 0.3) is 0 Å². The first-order valence-electron chi connectivity index (χ1n) is 4.63. The Morgan fingerprint density at radius 1 is 0.909 bits per heavy atom. The summed E-state index contributed by atoms with van der Waals surface area (Å²) in [6.45, 7) is 0. The minimum atomic E-state index is -0.131. The Labute approximate surface area is 67.2 Å². The summed E-state index contributed by atoms with van der Waals surface area (Å²) >= 11 is 0. The van der Waals surface area contributed by atoms with Crippen LogP contribution in [-0.2, 0) is 0 Å². The fraction of sp³-hybridized carbons (Fsp3) is 1.00. The van der Waals surface area contributed by atoms with Crippen LogP contribution in [0.3, 0.4) is 0 Å². The maximum Gasteiger partial charge on any atom is 0.0598 e. The van der Waals surface area contributed by atoms with Gasteiger partial charge in [-0.1, -0.05) is 6.42 Å². The highest BCUT2D eigenvalue weighted by molar-refractivity contribution is 4.89. The highest BCUT2D eigenvalue weighted by Crippen LogP contribution is 2.39. The van der Waals surface area contributed by atoms with Crippen LogP contribution in [0.15, 0.2) is 0 Å². The van der Waals surface area contributed by atoms with Crippen molar-refractivity contribution in [1.29, 1.82) is 0 Å². The molecule has 2 N–H and O–H groups in total. The van der Waals surface area contributed by atoms with Gasteiger partial charge in [-0.05, 0) is 37.5 Å². The summed E-state index contributed by atoms with van der Waals surface area (Å²) < 4.78 is 0. The van der Waals surface area contributed by atoms with Gasteiger partial charge in [-0.15, -0.1) is 0 Å². The van der Waals surface area contributed by atoms with E-state index in [-0.39, 0.29) is 12.2 Å². The molecule has 2 saturated carbocycles. The quantitative estimate of drug-likeness (QED) is 0.547. The van der Waals surface area contributed by atoms with E-state index in [1.165, 1.54) is 6.42 Å². The van der Waals surface area contributed by atoms with Gasteiger partial charge in [0.2, 0.25) is 0 Å². The summed E-state index contributed by atoms with van der Waals surface area (Å²) in [7, 11) is 0. The molecule has 64 valence electrons. The van der Waals surface area contributed by atoms with Gasteiger partial charge in [-0.2, -0.15) is 0 Å². The van der Waals surface area contributed by atoms with Crippen LogP contribution in [0.25, 0.3) is 0 Å². The number of hydrogen-bond acceptors (Lipinski definition) is 2. The first-order valence-corrected chi connectivity index (χ1v) is 4.63. The number of fused-ring (bicyclic) bond motifs is 2. The Bertz CT molecular complexity index is 132. The topological polar surface area (TPSA) is 40.5 Å². The molecule has 0 aromatic carbocycles. The Kier molecular flexibility index (Phi) is 1.90. The minimum absolute atomic E-state index is 0.104. The van der Waals surface area contributed by atoms with E-state index in [1.54, 1.807) is 0 Å². The van der Waals surface area contributed by atoms with Crippen LogP contribution in [0.5, 0.6) is 0 Å². The smallest absolute Gasteiger partial charge is 0.0598 e. The summed E-state index contributed by atoms with van der Waals surface area (Å²) in [5.74, 6) is 0.801. The van der Waals surface area contributed by atoms with Gasteiger partial charge in [0, 0.05) is 0 Å². The number of hydrogen-bond donors (Lipinski definition) is 2. The Hall–Kier alpha value is -0.0800. The lowest BCUT2D eigenvalue weighted by Gasteiger charge is -2.41. The minimum Gasteiger partial charge on any atom is -0.393 e. The Morgan fingerprint density at radius 3 is 2.00 bits per heavy atom. The Morgan fingerprint density at radius 2 is 1.45 bits per heavy atom. The van der Waals surface area contributed by atoms with Crippen molar-refractivity contribution >= 4 is 0 Å². The first kappa shape index (κ1) is 7.56. The first-order chi connectivity index (χ1) is 5.27. The van der Waals surface area contributed by atoms with E-state index in [2.05, 4.69) is 0 Å². The number of aliphatic hydroxyl groups is 2. The van der Waals surface area contributed by atoms with Crippen LogP contribution in [-0.4, -0.2) is 22.4 Å². The highest BCUT2D eigenvalue weighted by atomic mass is 16.3. The van der Waals surface area contributed by atoms with Gasteiger partial charge in [0.05, 0.1) is 12.2 Å². The molecule has 0 aromatic heterocycles. The van der Waals surface area contributed by atoms with Crippen molar-refractivity contribution in [3.8, 4) is 0 Å². The lowest BCUT2D eigenvalue weighted by Crippen LogP contribution is -2.42. The molecular weight excluding hydrogens is 140 g/mol. The van der Waals surface area contributed by atoms with Crippen molar-refractivity contribution in [2.45, 2.75) is 44.3 Å². The zero-order chi connectivity index (χ0) is 7.84. The van der Waals surface area contributed by atoms with Crippen LogP contribution in [0.1, 0.15) is 32.1 Å². The Balaban J connectivity index is 2.07. The molecule has 2 atom stereocenters. The van der Waals surface area contributed by atoms with Crippen molar-refractivity contribution in [2.75, 3.05) is 0 Å². The molecule has 2 unspecified atom stereocenters. The summed E-state index contributed by atoms with van der Waals surface area (Å²) in [6, 6.07) is 0. The van der Waals surface area contributed by atoms with E-state index in [0.29, 0.717) is 11.8 Å². The highest BCUT2D eigenvalue weighted by Gasteiger charge is 2.38. The van der Waals surface area contributed by atoms with Crippen LogP contribution >= 0.6 is 0 Å². The third kappa shape index (κ3) is 1.30. The van der Waals surface area contributed by atoms with Crippen LogP contribution in [0.4, 0.5) is 0 Å². The summed E-state index contributed by atoms with van der Waals surface area (Å²) in [6.07, 6.45) is 4.92. The lowest BCUT2D eigenvalue weighted by molar-refractivity contribution is -0.0611. The zero-order valence-corrected chi connectivity index (χ0v) is 6.74. The molecule has 2 bridgehead atoms. The number of aliphatic hydroxyl groups excluding tert-OH is 2. The third-order valence-corrected chi connectivity index (χ3v) is 3.27. The molecule has 2 rings (SSSR count). The largest absolute Gasteiger partial charge is 0.393 e. The van der Waals surface area contributed by atoms with Gasteiger partial charge in [-0.25, -0.2) is 0 Å². The molecule has 0 aliphatic heterocycles. The molecule has 0 spiro atoms. The monoisotopic (exact) mass is 156 g/mol. The van der Waals surface area contributed by atoms with E-state index < -0.39 is 0 Å². The standard InChI is InChI=1S/C9H16O2/c10-8-4-6-2-1-3-7(5-8)9(6)11/h6-11H,1-5H2. The van der Waals surface area contributed by atoms with Gasteiger partial charge in [0.1, 0.15) is 0 Å². The van der Waals surface area contributed by atoms with E-state index in [1.807, 2.05) is 0 Å². The van der Waals surface area contributed by atoms with Gasteiger partial charge in [-0.3, -0.25) is 0 Å². The van der Waals surface area contributed by atoms with Crippen LogP contribution in [0, 0.1) is 11.8 Å². The van der Waals surface area contributed by atoms with E-state index in [9.17, 15) is 10.2 Å². The number of rotatable bonds is 0. The maximum absolute atomic E-state index is 9.70. The fourth-order valence-electron chi connectivity index (χ4n) is 2.68. The van der Waals surface area contributed by atoms with Crippen molar-refractivity contribution in [3.05, 3.63) is 0 Å². The summed E-state index contributed by atoms with van der Waals surface area (Å²) in [5.41, 5.74) is 0. The lowest BCUT2D eigenvalue weighted by atomic mass is 9.69. The van der Waals surface area contributed by atoms with E-state index >= 15 is 0 Å². The summed E-state index contributed by atoms with van der Waals surface area (Å²) in [4.78, 5) is 0. The summed E-state index contributed by atoms with van der Waals surface area (Å²) in [5, 5.41) is 19.1. The molecule has 2 aliphatic rings. The molecule has 2 nitrogen and oxygen atoms in total. The van der Waals surface area contributed by atoms with Gasteiger partial charge >= 0.3 is 0 Å². The molecule has 0 amide bonds. The predicted octanol–water partition coefficient (Wildman–Crippen LogP) is 0.918. The van der Waals surface area contributed by atoms with Crippen LogP contribution < -0.4 is 0 Å². The van der Waals surface area contributed by atoms with Crippen LogP contribution in [0.2, 0.25) is 0 Å². The predicted molar refractivity (Wildman–Crippen MR) is 42.1 cm³/mol. The fourth-order valence-corrected chi connectivity index (χ4v) is 2.68. The van der Waals surface area contributed by atoms with Gasteiger partial charge in [0.15, 0.2) is 0 Å². The molecule has 11 heavy (non-hydrogen) atoms. The molecule has 0 saturated heterocycles. The zero-order valence-electron chi connectivity index (χ0n) is 6.74. The van der Waals surface area contributed by atoms with Crippen molar-refractivity contribution in [3.63, 3.8) is 0 Å². The molecule has 0 radical (unpaired) electrons. The molecule has 2 aliphatic carbocycles.